The topological polar surface area (TPSA) is 52.7 Å². The zero-order valence-electron chi connectivity index (χ0n) is 11.2. The number of urea groups is 1. The van der Waals surface area contributed by atoms with Gasteiger partial charge in [-0.05, 0) is 20.3 Å². The molecule has 1 saturated heterocycles. The number of nitrogens with one attached hydrogen (secondary N) is 1. The summed E-state index contributed by atoms with van der Waals surface area (Å²) in [7, 11) is 0. The van der Waals surface area contributed by atoms with Crippen molar-refractivity contribution < 1.29 is 9.59 Å². The minimum Gasteiger partial charge on any atom is -0.339 e. The number of alkyl halides is 2. The quantitative estimate of drug-likeness (QED) is 0.785. The molecule has 0 radical (unpaired) electrons. The van der Waals surface area contributed by atoms with Gasteiger partial charge in [0.25, 0.3) is 0 Å². The number of nitrogens with zero attached hydrogens (tertiary/aromatic N) is 2. The lowest BCUT2D eigenvalue weighted by atomic mass is 10.1. The van der Waals surface area contributed by atoms with Gasteiger partial charge in [-0.15, -0.1) is 23.2 Å². The molecule has 19 heavy (non-hydrogen) atoms. The third-order valence-electron chi connectivity index (χ3n) is 3.91. The van der Waals surface area contributed by atoms with Crippen molar-refractivity contribution in [3.8, 4) is 0 Å². The van der Waals surface area contributed by atoms with Crippen LogP contribution in [0.3, 0.4) is 0 Å². The Morgan fingerprint density at radius 1 is 1.16 bits per heavy atom. The lowest BCUT2D eigenvalue weighted by Crippen LogP contribution is -2.54. The van der Waals surface area contributed by atoms with Gasteiger partial charge in [-0.2, -0.15) is 0 Å². The van der Waals surface area contributed by atoms with Crippen molar-refractivity contribution >= 4 is 35.1 Å². The van der Waals surface area contributed by atoms with Crippen LogP contribution in [0, 0.1) is 5.41 Å². The molecule has 1 heterocycles. The van der Waals surface area contributed by atoms with E-state index in [1.807, 2.05) is 6.92 Å². The van der Waals surface area contributed by atoms with Crippen molar-refractivity contribution in [2.24, 2.45) is 5.41 Å². The molecule has 0 aromatic carbocycles. The summed E-state index contributed by atoms with van der Waals surface area (Å²) in [6, 6.07) is -0.0729. The highest BCUT2D eigenvalue weighted by Gasteiger charge is 2.68. The van der Waals surface area contributed by atoms with Crippen LogP contribution in [0.2, 0.25) is 0 Å². The molecule has 1 unspecified atom stereocenters. The molecule has 0 aromatic rings. The number of amides is 3. The summed E-state index contributed by atoms with van der Waals surface area (Å²) in [4.78, 5) is 27.5. The lowest BCUT2D eigenvalue weighted by molar-refractivity contribution is -0.137. The van der Waals surface area contributed by atoms with Crippen LogP contribution in [0.4, 0.5) is 4.79 Å². The van der Waals surface area contributed by atoms with Crippen molar-refractivity contribution in [2.45, 2.75) is 24.6 Å². The van der Waals surface area contributed by atoms with E-state index in [4.69, 9.17) is 23.2 Å². The maximum Gasteiger partial charge on any atom is 0.317 e. The summed E-state index contributed by atoms with van der Waals surface area (Å²) in [6.07, 6.45) is 0.498. The Morgan fingerprint density at radius 2 is 1.63 bits per heavy atom. The summed E-state index contributed by atoms with van der Waals surface area (Å²) < 4.78 is -0.930. The molecule has 1 aliphatic carbocycles. The van der Waals surface area contributed by atoms with Gasteiger partial charge >= 0.3 is 6.03 Å². The van der Waals surface area contributed by atoms with E-state index in [9.17, 15) is 9.59 Å². The summed E-state index contributed by atoms with van der Waals surface area (Å²) in [6.45, 7) is 6.45. The Labute approximate surface area is 123 Å². The molecule has 7 heteroatoms. The van der Waals surface area contributed by atoms with Crippen LogP contribution in [0.15, 0.2) is 0 Å². The molecular weight excluding hydrogens is 289 g/mol. The lowest BCUT2D eigenvalue weighted by Gasteiger charge is -2.36. The van der Waals surface area contributed by atoms with E-state index in [1.54, 1.807) is 16.7 Å². The van der Waals surface area contributed by atoms with Crippen molar-refractivity contribution in [3.63, 3.8) is 0 Å². The van der Waals surface area contributed by atoms with Crippen molar-refractivity contribution in [1.82, 2.24) is 15.1 Å². The van der Waals surface area contributed by atoms with E-state index in [0.29, 0.717) is 39.1 Å². The zero-order chi connectivity index (χ0) is 14.3. The first-order valence-corrected chi connectivity index (χ1v) is 7.27. The third kappa shape index (κ3) is 2.63. The predicted octanol–water partition coefficient (Wildman–Crippen LogP) is 1.44. The second-order valence-corrected chi connectivity index (χ2v) is 6.81. The van der Waals surface area contributed by atoms with Crippen LogP contribution in [-0.4, -0.2) is 58.8 Å². The van der Waals surface area contributed by atoms with Crippen molar-refractivity contribution in [2.75, 3.05) is 32.7 Å². The fourth-order valence-corrected chi connectivity index (χ4v) is 3.05. The fourth-order valence-electron chi connectivity index (χ4n) is 2.36. The predicted molar refractivity (Wildman–Crippen MR) is 74.4 cm³/mol. The Hall–Kier alpha value is -0.680. The maximum absolute atomic E-state index is 12.3. The van der Waals surface area contributed by atoms with Crippen LogP contribution in [0.1, 0.15) is 20.3 Å². The number of carbonyl (C=O) groups is 2. The second kappa shape index (κ2) is 5.02. The van der Waals surface area contributed by atoms with Gasteiger partial charge in [-0.25, -0.2) is 4.79 Å². The Kier molecular flexibility index (Phi) is 3.89. The van der Waals surface area contributed by atoms with Crippen LogP contribution < -0.4 is 5.32 Å². The molecular formula is C12H19Cl2N3O2. The van der Waals surface area contributed by atoms with Crippen molar-refractivity contribution in [3.05, 3.63) is 0 Å². The van der Waals surface area contributed by atoms with Gasteiger partial charge in [0.2, 0.25) is 5.91 Å². The molecule has 2 fully saturated rings. The molecule has 3 amide bonds. The maximum atomic E-state index is 12.3. The first-order valence-electron chi connectivity index (χ1n) is 6.52. The van der Waals surface area contributed by atoms with E-state index < -0.39 is 9.75 Å². The first kappa shape index (κ1) is 14.7. The highest BCUT2D eigenvalue weighted by Crippen LogP contribution is 2.64. The van der Waals surface area contributed by atoms with Crippen LogP contribution >= 0.6 is 23.2 Å². The molecule has 1 N–H and O–H groups in total. The molecule has 0 bridgehead atoms. The van der Waals surface area contributed by atoms with E-state index >= 15 is 0 Å². The highest BCUT2D eigenvalue weighted by molar-refractivity contribution is 6.53. The average molecular weight is 308 g/mol. The fraction of sp³-hybridized carbons (Fsp3) is 0.833. The summed E-state index contributed by atoms with van der Waals surface area (Å²) in [5, 5.41) is 2.76. The Balaban J connectivity index is 1.87. The minimum absolute atomic E-state index is 0.00644. The molecule has 1 aliphatic heterocycles. The van der Waals surface area contributed by atoms with E-state index in [-0.39, 0.29) is 11.9 Å². The van der Waals surface area contributed by atoms with E-state index in [1.165, 1.54) is 0 Å². The Bertz CT molecular complexity index is 394. The molecule has 0 aromatic heterocycles. The number of carbonyl (C=O) groups excluding carboxylic acids is 2. The highest BCUT2D eigenvalue weighted by atomic mass is 35.5. The van der Waals surface area contributed by atoms with Gasteiger partial charge in [0.15, 0.2) is 0 Å². The summed E-state index contributed by atoms with van der Waals surface area (Å²) in [5.41, 5.74) is -0.663. The standard InChI is InChI=1S/C12H19Cl2N3O2/c1-3-15-10(19)17-6-4-16(5-7-17)9(18)11(2)8-12(11,13)14/h3-8H2,1-2H3,(H,15,19). The van der Waals surface area contributed by atoms with Crippen LogP contribution in [0.25, 0.3) is 0 Å². The van der Waals surface area contributed by atoms with Gasteiger partial charge in [0, 0.05) is 32.7 Å². The monoisotopic (exact) mass is 307 g/mol. The first-order chi connectivity index (χ1) is 8.82. The van der Waals surface area contributed by atoms with Gasteiger partial charge < -0.3 is 15.1 Å². The molecule has 2 aliphatic rings. The smallest absolute Gasteiger partial charge is 0.317 e. The number of halogens is 2. The van der Waals surface area contributed by atoms with Crippen LogP contribution in [0.5, 0.6) is 0 Å². The Morgan fingerprint density at radius 3 is 2.05 bits per heavy atom. The third-order valence-corrected chi connectivity index (χ3v) is 5.01. The van der Waals surface area contributed by atoms with Gasteiger partial charge in [-0.3, -0.25) is 4.79 Å². The number of piperazine rings is 1. The SMILES string of the molecule is CCNC(=O)N1CCN(C(=O)C2(C)CC2(Cl)Cl)CC1. The van der Waals surface area contributed by atoms with Gasteiger partial charge in [0.1, 0.15) is 4.33 Å². The van der Waals surface area contributed by atoms with Crippen molar-refractivity contribution in [1.29, 1.82) is 0 Å². The zero-order valence-corrected chi connectivity index (χ0v) is 12.7. The number of hydrogen-bond donors (Lipinski definition) is 1. The molecule has 2 rings (SSSR count). The van der Waals surface area contributed by atoms with Gasteiger partial charge in [-0.1, -0.05) is 0 Å². The molecule has 5 nitrogen and oxygen atoms in total. The largest absolute Gasteiger partial charge is 0.339 e. The minimum atomic E-state index is -0.930. The molecule has 1 atom stereocenters. The van der Waals surface area contributed by atoms with E-state index in [2.05, 4.69) is 5.32 Å². The van der Waals surface area contributed by atoms with Crippen LogP contribution in [-0.2, 0) is 4.79 Å². The second-order valence-electron chi connectivity index (χ2n) is 5.33. The number of hydrogen-bond acceptors (Lipinski definition) is 2. The molecule has 108 valence electrons. The summed E-state index contributed by atoms with van der Waals surface area (Å²) in [5.74, 6) is -0.00644. The molecule has 1 saturated carbocycles. The normalized spacial score (nSPS) is 29.1. The number of rotatable bonds is 2. The van der Waals surface area contributed by atoms with Gasteiger partial charge in [0.05, 0.1) is 5.41 Å². The molecule has 0 spiro atoms. The average Bonchev–Trinajstić information content (AvgIpc) is 2.89. The summed E-state index contributed by atoms with van der Waals surface area (Å²) >= 11 is 12.1. The van der Waals surface area contributed by atoms with E-state index in [0.717, 1.165) is 0 Å².